The van der Waals surface area contributed by atoms with Gasteiger partial charge < -0.3 is 14.9 Å². The molecule has 1 rings (SSSR count). The van der Waals surface area contributed by atoms with Crippen LogP contribution in [0.5, 0.6) is 5.75 Å². The molecule has 0 aliphatic heterocycles. The van der Waals surface area contributed by atoms with Crippen molar-refractivity contribution in [2.24, 2.45) is 0 Å². The van der Waals surface area contributed by atoms with Gasteiger partial charge in [-0.15, -0.1) is 0 Å². The van der Waals surface area contributed by atoms with Crippen LogP contribution in [0.15, 0.2) is 29.2 Å². The van der Waals surface area contributed by atoms with E-state index in [0.29, 0.717) is 5.75 Å². The molecule has 1 atom stereocenters. The summed E-state index contributed by atoms with van der Waals surface area (Å²) in [7, 11) is -2.45. The van der Waals surface area contributed by atoms with Crippen LogP contribution >= 0.6 is 0 Å². The van der Waals surface area contributed by atoms with Gasteiger partial charge in [-0.1, -0.05) is 0 Å². The Hall–Kier alpha value is -1.15. The maximum Gasteiger partial charge on any atom is 0.297 e. The quantitative estimate of drug-likeness (QED) is 0.687. The Bertz CT molecular complexity index is 438. The lowest BCUT2D eigenvalue weighted by atomic mass is 10.3. The van der Waals surface area contributed by atoms with Gasteiger partial charge in [0.25, 0.3) is 10.1 Å². The monoisotopic (exact) mass is 262 g/mol. The maximum absolute atomic E-state index is 11.6. The van der Waals surface area contributed by atoms with E-state index in [0.717, 1.165) is 0 Å². The minimum absolute atomic E-state index is 0.0385. The van der Waals surface area contributed by atoms with Crippen molar-refractivity contribution in [1.29, 1.82) is 0 Å². The van der Waals surface area contributed by atoms with Crippen LogP contribution in [0.4, 0.5) is 0 Å². The van der Waals surface area contributed by atoms with E-state index in [4.69, 9.17) is 14.9 Å². The largest absolute Gasteiger partial charge is 0.497 e. The second-order valence-electron chi connectivity index (χ2n) is 3.25. The number of benzene rings is 1. The van der Waals surface area contributed by atoms with Crippen molar-refractivity contribution < 1.29 is 27.6 Å². The molecule has 0 aromatic heterocycles. The molecule has 0 fully saturated rings. The lowest BCUT2D eigenvalue weighted by molar-refractivity contribution is 0.0557. The van der Waals surface area contributed by atoms with Crippen LogP contribution < -0.4 is 4.74 Å². The summed E-state index contributed by atoms with van der Waals surface area (Å²) < 4.78 is 32.6. The van der Waals surface area contributed by atoms with Gasteiger partial charge in [-0.25, -0.2) is 0 Å². The Labute approximate surface area is 99.5 Å². The molecule has 0 saturated carbocycles. The van der Waals surface area contributed by atoms with E-state index in [-0.39, 0.29) is 4.90 Å². The first-order valence-electron chi connectivity index (χ1n) is 4.82. The summed E-state index contributed by atoms with van der Waals surface area (Å²) in [6, 6.07) is 5.64. The molecular weight excluding hydrogens is 248 g/mol. The van der Waals surface area contributed by atoms with Gasteiger partial charge in [0.15, 0.2) is 0 Å². The van der Waals surface area contributed by atoms with E-state index in [9.17, 15) is 8.42 Å². The highest BCUT2D eigenvalue weighted by Crippen LogP contribution is 2.17. The Balaban J connectivity index is 2.75. The van der Waals surface area contributed by atoms with Crippen LogP contribution in [0, 0.1) is 0 Å². The molecule has 0 bridgehead atoms. The second-order valence-corrected chi connectivity index (χ2v) is 4.87. The van der Waals surface area contributed by atoms with Gasteiger partial charge in [-0.3, -0.25) is 4.18 Å². The predicted molar refractivity (Wildman–Crippen MR) is 59.2 cm³/mol. The second kappa shape index (κ2) is 5.97. The van der Waals surface area contributed by atoms with E-state index in [1.54, 1.807) is 0 Å². The van der Waals surface area contributed by atoms with Crippen LogP contribution in [0.2, 0.25) is 0 Å². The van der Waals surface area contributed by atoms with Gasteiger partial charge in [-0.2, -0.15) is 8.42 Å². The number of methoxy groups -OCH3 is 1. The molecule has 0 amide bonds. The first-order chi connectivity index (χ1) is 7.99. The van der Waals surface area contributed by atoms with Gasteiger partial charge in [-0.05, 0) is 24.3 Å². The summed E-state index contributed by atoms with van der Waals surface area (Å²) in [4.78, 5) is -0.0385. The van der Waals surface area contributed by atoms with E-state index in [1.165, 1.54) is 31.4 Å². The zero-order valence-electron chi connectivity index (χ0n) is 9.24. The molecule has 1 aromatic rings. The normalized spacial score (nSPS) is 13.4. The summed E-state index contributed by atoms with van der Waals surface area (Å²) in [6.45, 7) is -1.04. The average molecular weight is 262 g/mol. The molecule has 0 saturated heterocycles. The molecular formula is C10H14O6S. The van der Waals surface area contributed by atoms with Crippen molar-refractivity contribution >= 4 is 10.1 Å². The summed E-state index contributed by atoms with van der Waals surface area (Å²) in [5, 5.41) is 17.5. The van der Waals surface area contributed by atoms with E-state index in [1.807, 2.05) is 0 Å². The van der Waals surface area contributed by atoms with Crippen molar-refractivity contribution in [2.45, 2.75) is 11.0 Å². The summed E-state index contributed by atoms with van der Waals surface area (Å²) >= 11 is 0. The summed E-state index contributed by atoms with van der Waals surface area (Å²) in [5.41, 5.74) is 0. The molecule has 0 radical (unpaired) electrons. The standard InChI is InChI=1S/C10H14O6S/c1-15-9-2-4-10(5-3-9)17(13,14)16-7-8(12)6-11/h2-5,8,11-12H,6-7H2,1H3. The van der Waals surface area contributed by atoms with Crippen molar-refractivity contribution in [1.82, 2.24) is 0 Å². The number of ether oxygens (including phenoxy) is 1. The van der Waals surface area contributed by atoms with Crippen molar-refractivity contribution in [3.63, 3.8) is 0 Å². The topological polar surface area (TPSA) is 93.1 Å². The number of rotatable bonds is 6. The van der Waals surface area contributed by atoms with E-state index < -0.39 is 29.4 Å². The summed E-state index contributed by atoms with van der Waals surface area (Å²) in [5.74, 6) is 0.527. The minimum atomic E-state index is -3.92. The van der Waals surface area contributed by atoms with Gasteiger partial charge >= 0.3 is 0 Å². The highest BCUT2D eigenvalue weighted by atomic mass is 32.2. The van der Waals surface area contributed by atoms with Gasteiger partial charge in [0.05, 0.1) is 25.2 Å². The smallest absolute Gasteiger partial charge is 0.297 e. The molecule has 6 nitrogen and oxygen atoms in total. The zero-order chi connectivity index (χ0) is 12.9. The van der Waals surface area contributed by atoms with Crippen LogP contribution in [0.3, 0.4) is 0 Å². The zero-order valence-corrected chi connectivity index (χ0v) is 10.1. The lowest BCUT2D eigenvalue weighted by Gasteiger charge is -2.09. The van der Waals surface area contributed by atoms with Crippen LogP contribution in [0.25, 0.3) is 0 Å². The molecule has 0 aliphatic rings. The van der Waals surface area contributed by atoms with Crippen molar-refractivity contribution in [3.05, 3.63) is 24.3 Å². The Kier molecular flexibility index (Phi) is 4.88. The third kappa shape index (κ3) is 3.97. The molecule has 17 heavy (non-hydrogen) atoms. The van der Waals surface area contributed by atoms with Crippen LogP contribution in [-0.4, -0.2) is 45.1 Å². The van der Waals surface area contributed by atoms with Crippen molar-refractivity contribution in [3.8, 4) is 5.75 Å². The number of hydrogen-bond acceptors (Lipinski definition) is 6. The predicted octanol–water partition coefficient (Wildman–Crippen LogP) is -0.246. The third-order valence-electron chi connectivity index (χ3n) is 1.97. The SMILES string of the molecule is COc1ccc(S(=O)(=O)OCC(O)CO)cc1. The highest BCUT2D eigenvalue weighted by molar-refractivity contribution is 7.86. The maximum atomic E-state index is 11.6. The fraction of sp³-hybridized carbons (Fsp3) is 0.400. The van der Waals surface area contributed by atoms with Crippen LogP contribution in [0.1, 0.15) is 0 Å². The molecule has 2 N–H and O–H groups in total. The highest BCUT2D eigenvalue weighted by Gasteiger charge is 2.17. The Morgan fingerprint density at radius 1 is 1.29 bits per heavy atom. The summed E-state index contributed by atoms with van der Waals surface area (Å²) in [6.07, 6.45) is -1.22. The molecule has 1 aromatic carbocycles. The average Bonchev–Trinajstić information content (AvgIpc) is 2.36. The number of aliphatic hydroxyl groups is 2. The van der Waals surface area contributed by atoms with Gasteiger partial charge in [0.1, 0.15) is 11.9 Å². The lowest BCUT2D eigenvalue weighted by Crippen LogP contribution is -2.22. The van der Waals surface area contributed by atoms with Gasteiger partial charge in [0, 0.05) is 0 Å². The van der Waals surface area contributed by atoms with Crippen LogP contribution in [-0.2, 0) is 14.3 Å². The third-order valence-corrected chi connectivity index (χ3v) is 3.27. The Morgan fingerprint density at radius 2 is 1.88 bits per heavy atom. The van der Waals surface area contributed by atoms with E-state index >= 15 is 0 Å². The molecule has 7 heteroatoms. The number of aliphatic hydroxyl groups excluding tert-OH is 2. The van der Waals surface area contributed by atoms with E-state index in [2.05, 4.69) is 4.18 Å². The molecule has 0 aliphatic carbocycles. The first-order valence-corrected chi connectivity index (χ1v) is 6.23. The molecule has 0 heterocycles. The Morgan fingerprint density at radius 3 is 2.35 bits per heavy atom. The molecule has 0 spiro atoms. The number of hydrogen-bond donors (Lipinski definition) is 2. The van der Waals surface area contributed by atoms with Gasteiger partial charge in [0.2, 0.25) is 0 Å². The molecule has 1 unspecified atom stereocenters. The first kappa shape index (κ1) is 13.9. The fourth-order valence-corrected chi connectivity index (χ4v) is 1.97. The minimum Gasteiger partial charge on any atom is -0.497 e. The molecule has 96 valence electrons. The fourth-order valence-electron chi connectivity index (χ4n) is 1.03. The van der Waals surface area contributed by atoms with Crippen molar-refractivity contribution in [2.75, 3.05) is 20.3 Å².